The molecule has 0 aromatic heterocycles. The van der Waals surface area contributed by atoms with Crippen molar-refractivity contribution >= 4 is 17.9 Å². The third-order valence-corrected chi connectivity index (χ3v) is 4.99. The van der Waals surface area contributed by atoms with Crippen LogP contribution in [0, 0.1) is 5.92 Å². The van der Waals surface area contributed by atoms with Crippen molar-refractivity contribution in [3.8, 4) is 0 Å². The smallest absolute Gasteiger partial charge is 0.246 e. The summed E-state index contributed by atoms with van der Waals surface area (Å²) in [6.45, 7) is 3.10. The van der Waals surface area contributed by atoms with E-state index in [1.165, 1.54) is 0 Å². The fourth-order valence-electron chi connectivity index (χ4n) is 3.55. The molecular formula is C20H27N3O2. The molecule has 25 heavy (non-hydrogen) atoms. The van der Waals surface area contributed by atoms with E-state index in [0.29, 0.717) is 12.5 Å². The summed E-state index contributed by atoms with van der Waals surface area (Å²) in [5.74, 6) is 0.496. The minimum atomic E-state index is -0.0323. The highest BCUT2D eigenvalue weighted by Crippen LogP contribution is 2.17. The Hall–Kier alpha value is -2.14. The number of nitrogens with zero attached hydrogens (tertiary/aromatic N) is 1. The highest BCUT2D eigenvalue weighted by molar-refractivity contribution is 5.91. The van der Waals surface area contributed by atoms with Gasteiger partial charge < -0.3 is 15.5 Å². The van der Waals surface area contributed by atoms with E-state index >= 15 is 0 Å². The van der Waals surface area contributed by atoms with Crippen LogP contribution in [-0.4, -0.2) is 48.9 Å². The van der Waals surface area contributed by atoms with Gasteiger partial charge in [0.1, 0.15) is 0 Å². The van der Waals surface area contributed by atoms with E-state index in [2.05, 4.69) is 10.6 Å². The van der Waals surface area contributed by atoms with Gasteiger partial charge in [-0.1, -0.05) is 30.3 Å². The number of carbonyl (C=O) groups is 2. The maximum atomic E-state index is 12.4. The van der Waals surface area contributed by atoms with Crippen LogP contribution in [0.1, 0.15) is 31.2 Å². The zero-order chi connectivity index (χ0) is 17.5. The van der Waals surface area contributed by atoms with Crippen molar-refractivity contribution in [2.75, 3.05) is 26.2 Å². The standard InChI is InChI=1S/C20H27N3O2/c24-19(11-10-16-6-2-1-3-7-16)23-13-5-8-17(15-23)14-22-20(25)18-9-4-12-21-18/h1-3,6-7,10-11,17-18,21H,4-5,8-9,12-15H2,(H,22,25)/b11-10+/t17-,18+/m0/s1. The average molecular weight is 341 g/mol. The number of rotatable bonds is 5. The molecule has 1 aromatic rings. The molecular weight excluding hydrogens is 314 g/mol. The molecule has 2 aliphatic rings. The van der Waals surface area contributed by atoms with E-state index < -0.39 is 0 Å². The second-order valence-electron chi connectivity index (χ2n) is 6.93. The van der Waals surface area contributed by atoms with Crippen molar-refractivity contribution in [3.05, 3.63) is 42.0 Å². The highest BCUT2D eigenvalue weighted by Gasteiger charge is 2.25. The first-order valence-corrected chi connectivity index (χ1v) is 9.25. The van der Waals surface area contributed by atoms with Gasteiger partial charge in [-0.2, -0.15) is 0 Å². The molecule has 0 unspecified atom stereocenters. The van der Waals surface area contributed by atoms with Crippen LogP contribution in [0.4, 0.5) is 0 Å². The van der Waals surface area contributed by atoms with Crippen molar-refractivity contribution in [2.24, 2.45) is 5.92 Å². The van der Waals surface area contributed by atoms with Gasteiger partial charge >= 0.3 is 0 Å². The van der Waals surface area contributed by atoms with Crippen molar-refractivity contribution in [1.29, 1.82) is 0 Å². The van der Waals surface area contributed by atoms with E-state index in [1.54, 1.807) is 6.08 Å². The van der Waals surface area contributed by atoms with Crippen molar-refractivity contribution in [2.45, 2.75) is 31.7 Å². The molecule has 5 heteroatoms. The van der Waals surface area contributed by atoms with Crippen LogP contribution in [0.15, 0.2) is 36.4 Å². The molecule has 2 saturated heterocycles. The molecule has 0 radical (unpaired) electrons. The van der Waals surface area contributed by atoms with Crippen LogP contribution < -0.4 is 10.6 Å². The lowest BCUT2D eigenvalue weighted by Crippen LogP contribution is -2.46. The first-order valence-electron chi connectivity index (χ1n) is 9.25. The topological polar surface area (TPSA) is 61.4 Å². The van der Waals surface area contributed by atoms with Gasteiger partial charge in [-0.15, -0.1) is 0 Å². The summed E-state index contributed by atoms with van der Waals surface area (Å²) in [6, 6.07) is 9.82. The maximum absolute atomic E-state index is 12.4. The second-order valence-corrected chi connectivity index (χ2v) is 6.93. The molecule has 2 heterocycles. The van der Waals surface area contributed by atoms with Gasteiger partial charge in [-0.05, 0) is 49.8 Å². The summed E-state index contributed by atoms with van der Waals surface area (Å²) < 4.78 is 0. The number of amides is 2. The summed E-state index contributed by atoms with van der Waals surface area (Å²) in [7, 11) is 0. The second kappa shape index (κ2) is 8.81. The van der Waals surface area contributed by atoms with Crippen LogP contribution in [0.3, 0.4) is 0 Å². The zero-order valence-corrected chi connectivity index (χ0v) is 14.6. The minimum absolute atomic E-state index is 0.0323. The highest BCUT2D eigenvalue weighted by atomic mass is 16.2. The first kappa shape index (κ1) is 17.7. The number of carbonyl (C=O) groups excluding carboxylic acids is 2. The van der Waals surface area contributed by atoms with Crippen LogP contribution in [0.5, 0.6) is 0 Å². The molecule has 0 bridgehead atoms. The van der Waals surface area contributed by atoms with E-state index in [9.17, 15) is 9.59 Å². The Kier molecular flexibility index (Phi) is 6.23. The summed E-state index contributed by atoms with van der Waals surface area (Å²) in [4.78, 5) is 26.4. The Morgan fingerprint density at radius 3 is 2.80 bits per heavy atom. The van der Waals surface area contributed by atoms with Gasteiger partial charge in [0.2, 0.25) is 11.8 Å². The Balaban J connectivity index is 1.46. The lowest BCUT2D eigenvalue weighted by Gasteiger charge is -2.32. The molecule has 134 valence electrons. The maximum Gasteiger partial charge on any atom is 0.246 e. The number of hydrogen-bond acceptors (Lipinski definition) is 3. The monoisotopic (exact) mass is 341 g/mol. The number of piperidine rings is 1. The molecule has 2 amide bonds. The Labute approximate surface area is 149 Å². The largest absolute Gasteiger partial charge is 0.354 e. The van der Waals surface area contributed by atoms with Gasteiger partial charge in [-0.3, -0.25) is 9.59 Å². The van der Waals surface area contributed by atoms with Crippen molar-refractivity contribution in [3.63, 3.8) is 0 Å². The quantitative estimate of drug-likeness (QED) is 0.803. The number of hydrogen-bond donors (Lipinski definition) is 2. The molecule has 3 rings (SSSR count). The van der Waals surface area contributed by atoms with Crippen LogP contribution in [0.25, 0.3) is 6.08 Å². The number of benzene rings is 1. The number of likely N-dealkylation sites (tertiary alicyclic amines) is 1. The van der Waals surface area contributed by atoms with Crippen LogP contribution >= 0.6 is 0 Å². The predicted octanol–water partition coefficient (Wildman–Crippen LogP) is 1.81. The van der Waals surface area contributed by atoms with Crippen molar-refractivity contribution in [1.82, 2.24) is 15.5 Å². The van der Waals surface area contributed by atoms with Gasteiger partial charge in [-0.25, -0.2) is 0 Å². The number of nitrogens with one attached hydrogen (secondary N) is 2. The Morgan fingerprint density at radius 1 is 1.20 bits per heavy atom. The molecule has 0 saturated carbocycles. The van der Waals surface area contributed by atoms with E-state index in [0.717, 1.165) is 50.9 Å². The van der Waals surface area contributed by atoms with Crippen LogP contribution in [0.2, 0.25) is 0 Å². The first-order chi connectivity index (χ1) is 12.2. The lowest BCUT2D eigenvalue weighted by molar-refractivity contribution is -0.127. The van der Waals surface area contributed by atoms with Crippen LogP contribution in [-0.2, 0) is 9.59 Å². The summed E-state index contributed by atoms with van der Waals surface area (Å²) >= 11 is 0. The third-order valence-electron chi connectivity index (χ3n) is 4.99. The van der Waals surface area contributed by atoms with Gasteiger partial charge in [0.05, 0.1) is 6.04 Å². The molecule has 0 aliphatic carbocycles. The Morgan fingerprint density at radius 2 is 2.04 bits per heavy atom. The Bertz CT molecular complexity index is 609. The fraction of sp³-hybridized carbons (Fsp3) is 0.500. The third kappa shape index (κ3) is 5.16. The minimum Gasteiger partial charge on any atom is -0.354 e. The molecule has 2 fully saturated rings. The molecule has 5 nitrogen and oxygen atoms in total. The van der Waals surface area contributed by atoms with E-state index in [-0.39, 0.29) is 17.9 Å². The van der Waals surface area contributed by atoms with E-state index in [4.69, 9.17) is 0 Å². The van der Waals surface area contributed by atoms with Gasteiger partial charge in [0, 0.05) is 25.7 Å². The predicted molar refractivity (Wildman–Crippen MR) is 98.8 cm³/mol. The average Bonchev–Trinajstić information content (AvgIpc) is 3.20. The molecule has 2 N–H and O–H groups in total. The summed E-state index contributed by atoms with van der Waals surface area (Å²) in [5.41, 5.74) is 1.03. The van der Waals surface area contributed by atoms with Gasteiger partial charge in [0.25, 0.3) is 0 Å². The fourth-order valence-corrected chi connectivity index (χ4v) is 3.55. The van der Waals surface area contributed by atoms with Crippen molar-refractivity contribution < 1.29 is 9.59 Å². The molecule has 1 aromatic carbocycles. The SMILES string of the molecule is O=C(NC[C@@H]1CCCN(C(=O)/C=C/c2ccccc2)C1)[C@H]1CCCN1. The normalized spacial score (nSPS) is 23.8. The zero-order valence-electron chi connectivity index (χ0n) is 14.6. The summed E-state index contributed by atoms with van der Waals surface area (Å²) in [5, 5.41) is 6.27. The van der Waals surface area contributed by atoms with Gasteiger partial charge in [0.15, 0.2) is 0 Å². The lowest BCUT2D eigenvalue weighted by atomic mass is 9.97. The molecule has 0 spiro atoms. The summed E-state index contributed by atoms with van der Waals surface area (Å²) in [6.07, 6.45) is 7.55. The molecule has 2 aliphatic heterocycles. The van der Waals surface area contributed by atoms with E-state index in [1.807, 2.05) is 41.3 Å². The molecule has 2 atom stereocenters.